The zero-order chi connectivity index (χ0) is 10.1. The van der Waals surface area contributed by atoms with Gasteiger partial charge >= 0.3 is 0 Å². The molecule has 0 atom stereocenters. The maximum atomic E-state index is 13.0. The van der Waals surface area contributed by atoms with E-state index in [1.165, 1.54) is 12.1 Å². The van der Waals surface area contributed by atoms with E-state index in [1.54, 1.807) is 12.1 Å². The lowest BCUT2D eigenvalue weighted by Gasteiger charge is -2.01. The summed E-state index contributed by atoms with van der Waals surface area (Å²) in [6, 6.07) is 6.43. The first kappa shape index (κ1) is 9.37. The minimum absolute atomic E-state index is 0.0826. The van der Waals surface area contributed by atoms with E-state index in [9.17, 15) is 4.39 Å². The van der Waals surface area contributed by atoms with Crippen molar-refractivity contribution in [2.24, 2.45) is 5.73 Å². The molecule has 2 rings (SSSR count). The molecule has 14 heavy (non-hydrogen) atoms. The highest BCUT2D eigenvalue weighted by Gasteiger charge is 2.03. The van der Waals surface area contributed by atoms with Gasteiger partial charge in [-0.3, -0.25) is 4.98 Å². The Hall–Kier alpha value is -1.19. The van der Waals surface area contributed by atoms with Gasteiger partial charge in [-0.25, -0.2) is 4.39 Å². The van der Waals surface area contributed by atoms with Crippen molar-refractivity contribution < 1.29 is 4.39 Å². The molecule has 0 radical (unpaired) electrons. The van der Waals surface area contributed by atoms with Crippen LogP contribution in [0, 0.1) is 5.82 Å². The molecule has 4 heteroatoms. The van der Waals surface area contributed by atoms with Crippen LogP contribution in [0.25, 0.3) is 10.9 Å². The Bertz CT molecular complexity index is 485. The van der Waals surface area contributed by atoms with Gasteiger partial charge in [0.1, 0.15) is 5.82 Å². The number of fused-ring (bicyclic) bond motifs is 1. The fourth-order valence-electron chi connectivity index (χ4n) is 1.27. The van der Waals surface area contributed by atoms with Crippen LogP contribution in [0.5, 0.6) is 0 Å². The van der Waals surface area contributed by atoms with Crippen molar-refractivity contribution in [2.45, 2.75) is 6.54 Å². The third-order valence-corrected chi connectivity index (χ3v) is 2.29. The number of halogens is 2. The number of hydrogen-bond donors (Lipinski definition) is 1. The minimum atomic E-state index is -0.429. The zero-order valence-corrected chi connectivity index (χ0v) is 8.05. The Labute approximate surface area is 85.5 Å². The lowest BCUT2D eigenvalue weighted by molar-refractivity contribution is 0.630. The van der Waals surface area contributed by atoms with Gasteiger partial charge in [0.25, 0.3) is 0 Å². The van der Waals surface area contributed by atoms with Gasteiger partial charge in [-0.05, 0) is 18.2 Å². The van der Waals surface area contributed by atoms with Crippen LogP contribution in [-0.2, 0) is 6.54 Å². The molecule has 72 valence electrons. The molecule has 1 aromatic heterocycles. The van der Waals surface area contributed by atoms with E-state index >= 15 is 0 Å². The number of nitrogens with zero attached hydrogens (tertiary/aromatic N) is 1. The van der Waals surface area contributed by atoms with Gasteiger partial charge in [0.2, 0.25) is 0 Å². The average molecular weight is 211 g/mol. The molecule has 0 fully saturated rings. The van der Waals surface area contributed by atoms with Crippen LogP contribution in [0.3, 0.4) is 0 Å². The first-order valence-electron chi connectivity index (χ1n) is 4.15. The fraction of sp³-hybridized carbons (Fsp3) is 0.100. The van der Waals surface area contributed by atoms with E-state index in [1.807, 2.05) is 0 Å². The highest BCUT2D eigenvalue weighted by atomic mass is 35.5. The van der Waals surface area contributed by atoms with E-state index in [4.69, 9.17) is 17.3 Å². The average Bonchev–Trinajstić information content (AvgIpc) is 2.19. The van der Waals surface area contributed by atoms with Crippen molar-refractivity contribution in [3.05, 3.63) is 40.8 Å². The summed E-state index contributed by atoms with van der Waals surface area (Å²) in [6.45, 7) is 0.366. The molecule has 2 aromatic rings. The Morgan fingerprint density at radius 1 is 1.36 bits per heavy atom. The molecule has 0 aliphatic rings. The highest BCUT2D eigenvalue weighted by molar-refractivity contribution is 6.31. The van der Waals surface area contributed by atoms with E-state index in [0.717, 1.165) is 11.1 Å². The van der Waals surface area contributed by atoms with Crippen LogP contribution in [0.4, 0.5) is 4.39 Å². The van der Waals surface area contributed by atoms with Crippen LogP contribution < -0.4 is 5.73 Å². The van der Waals surface area contributed by atoms with Gasteiger partial charge in [0.05, 0.1) is 16.2 Å². The third kappa shape index (κ3) is 1.56. The maximum Gasteiger partial charge on any atom is 0.142 e. The molecule has 1 aromatic carbocycles. The zero-order valence-electron chi connectivity index (χ0n) is 7.30. The van der Waals surface area contributed by atoms with Crippen molar-refractivity contribution in [3.8, 4) is 0 Å². The maximum absolute atomic E-state index is 13.0. The molecule has 0 unspecified atom stereocenters. The second-order valence-corrected chi connectivity index (χ2v) is 3.37. The second kappa shape index (κ2) is 3.52. The lowest BCUT2D eigenvalue weighted by Crippen LogP contribution is -1.99. The standard InChI is InChI=1S/C10H8ClFN2/c11-8-4-10-6(3-9(8)12)1-2-7(5-13)14-10/h1-4H,5,13H2. The lowest BCUT2D eigenvalue weighted by atomic mass is 10.2. The number of pyridine rings is 1. The molecular weight excluding hydrogens is 203 g/mol. The fourth-order valence-corrected chi connectivity index (χ4v) is 1.43. The van der Waals surface area contributed by atoms with Gasteiger partial charge in [-0.1, -0.05) is 17.7 Å². The Balaban J connectivity index is 2.70. The van der Waals surface area contributed by atoms with Gasteiger partial charge in [-0.15, -0.1) is 0 Å². The topological polar surface area (TPSA) is 38.9 Å². The van der Waals surface area contributed by atoms with Crippen molar-refractivity contribution >= 4 is 22.5 Å². The Morgan fingerprint density at radius 3 is 2.86 bits per heavy atom. The monoisotopic (exact) mass is 210 g/mol. The predicted octanol–water partition coefficient (Wildman–Crippen LogP) is 2.49. The summed E-state index contributed by atoms with van der Waals surface area (Å²) in [4.78, 5) is 4.22. The predicted molar refractivity (Wildman–Crippen MR) is 54.6 cm³/mol. The summed E-state index contributed by atoms with van der Waals surface area (Å²) in [6.07, 6.45) is 0. The van der Waals surface area contributed by atoms with Crippen LogP contribution in [-0.4, -0.2) is 4.98 Å². The SMILES string of the molecule is NCc1ccc2cc(F)c(Cl)cc2n1. The first-order valence-corrected chi connectivity index (χ1v) is 4.53. The number of aromatic nitrogens is 1. The van der Waals surface area contributed by atoms with Gasteiger partial charge in [-0.2, -0.15) is 0 Å². The largest absolute Gasteiger partial charge is 0.325 e. The Kier molecular flexibility index (Phi) is 2.35. The number of hydrogen-bond acceptors (Lipinski definition) is 2. The normalized spacial score (nSPS) is 10.8. The molecule has 0 bridgehead atoms. The number of rotatable bonds is 1. The quantitative estimate of drug-likeness (QED) is 0.786. The molecule has 2 nitrogen and oxygen atoms in total. The van der Waals surface area contributed by atoms with Crippen LogP contribution >= 0.6 is 11.6 Å². The smallest absolute Gasteiger partial charge is 0.142 e. The van der Waals surface area contributed by atoms with Gasteiger partial charge < -0.3 is 5.73 Å². The van der Waals surface area contributed by atoms with Crippen LogP contribution in [0.1, 0.15) is 5.69 Å². The minimum Gasteiger partial charge on any atom is -0.325 e. The number of nitrogens with two attached hydrogens (primary N) is 1. The third-order valence-electron chi connectivity index (χ3n) is 2.00. The van der Waals surface area contributed by atoms with Gasteiger partial charge in [0, 0.05) is 11.9 Å². The second-order valence-electron chi connectivity index (χ2n) is 2.97. The van der Waals surface area contributed by atoms with E-state index in [-0.39, 0.29) is 5.02 Å². The molecule has 0 saturated heterocycles. The van der Waals surface area contributed by atoms with E-state index < -0.39 is 5.82 Å². The van der Waals surface area contributed by atoms with Gasteiger partial charge in [0.15, 0.2) is 0 Å². The van der Waals surface area contributed by atoms with Crippen molar-refractivity contribution in [1.82, 2.24) is 4.98 Å². The molecule has 0 amide bonds. The van der Waals surface area contributed by atoms with E-state index in [2.05, 4.69) is 4.98 Å². The molecule has 0 spiro atoms. The van der Waals surface area contributed by atoms with Crippen molar-refractivity contribution in [1.29, 1.82) is 0 Å². The number of benzene rings is 1. The molecular formula is C10H8ClFN2. The van der Waals surface area contributed by atoms with Crippen molar-refractivity contribution in [3.63, 3.8) is 0 Å². The van der Waals surface area contributed by atoms with E-state index in [0.29, 0.717) is 12.1 Å². The summed E-state index contributed by atoms with van der Waals surface area (Å²) in [7, 11) is 0. The summed E-state index contributed by atoms with van der Waals surface area (Å²) in [5.74, 6) is -0.429. The summed E-state index contributed by atoms with van der Waals surface area (Å²) in [5.41, 5.74) is 6.87. The van der Waals surface area contributed by atoms with Crippen molar-refractivity contribution in [2.75, 3.05) is 0 Å². The first-order chi connectivity index (χ1) is 6.70. The Morgan fingerprint density at radius 2 is 2.14 bits per heavy atom. The molecule has 1 heterocycles. The van der Waals surface area contributed by atoms with Crippen LogP contribution in [0.2, 0.25) is 5.02 Å². The summed E-state index contributed by atoms with van der Waals surface area (Å²) in [5, 5.41) is 0.809. The summed E-state index contributed by atoms with van der Waals surface area (Å²) < 4.78 is 13.0. The van der Waals surface area contributed by atoms with Crippen LogP contribution in [0.15, 0.2) is 24.3 Å². The molecule has 2 N–H and O–H groups in total. The molecule has 0 aliphatic carbocycles. The molecule has 0 aliphatic heterocycles. The summed E-state index contributed by atoms with van der Waals surface area (Å²) >= 11 is 5.64. The highest BCUT2D eigenvalue weighted by Crippen LogP contribution is 2.21. The molecule has 0 saturated carbocycles.